The van der Waals surface area contributed by atoms with Crippen LogP contribution in [0, 0.1) is 5.92 Å². The van der Waals surface area contributed by atoms with Crippen LogP contribution < -0.4 is 5.73 Å². The zero-order valence-electron chi connectivity index (χ0n) is 13.4. The fraction of sp³-hybridized carbons (Fsp3) is 0.400. The first-order valence-corrected chi connectivity index (χ1v) is 8.58. The van der Waals surface area contributed by atoms with Gasteiger partial charge < -0.3 is 15.4 Å². The number of nitrogen functional groups attached to an aromatic ring is 1. The second-order valence-corrected chi connectivity index (χ2v) is 6.73. The number of rotatable bonds is 4. The van der Waals surface area contributed by atoms with Crippen LogP contribution in [-0.4, -0.2) is 30.6 Å². The van der Waals surface area contributed by atoms with Crippen LogP contribution in [0.15, 0.2) is 54.6 Å². The Bertz CT molecular complexity index is 650. The van der Waals surface area contributed by atoms with Crippen molar-refractivity contribution in [2.75, 3.05) is 25.4 Å². The number of para-hydroxylation sites is 1. The number of hydrogen-bond donors (Lipinski definition) is 1. The Hall–Kier alpha value is -1.84. The third kappa shape index (κ3) is 2.99. The van der Waals surface area contributed by atoms with Crippen LogP contribution >= 0.6 is 0 Å². The molecule has 0 aliphatic carbocycles. The lowest BCUT2D eigenvalue weighted by atomic mass is 9.85. The molecule has 3 heteroatoms. The van der Waals surface area contributed by atoms with Gasteiger partial charge in [-0.1, -0.05) is 48.5 Å². The number of ether oxygens (including phenoxy) is 1. The number of nitrogens with zero attached hydrogens (tertiary/aromatic N) is 1. The summed E-state index contributed by atoms with van der Waals surface area (Å²) in [5, 5.41) is 0. The summed E-state index contributed by atoms with van der Waals surface area (Å²) < 4.78 is 6.66. The molecule has 0 saturated carbocycles. The van der Waals surface area contributed by atoms with Gasteiger partial charge in [-0.3, -0.25) is 0 Å². The Morgan fingerprint density at radius 3 is 2.30 bits per heavy atom. The quantitative estimate of drug-likeness (QED) is 0.879. The number of piperidine rings is 3. The van der Waals surface area contributed by atoms with Crippen LogP contribution in [0.5, 0.6) is 0 Å². The van der Waals surface area contributed by atoms with Crippen molar-refractivity contribution in [2.24, 2.45) is 5.92 Å². The van der Waals surface area contributed by atoms with Crippen molar-refractivity contribution in [2.45, 2.75) is 25.0 Å². The third-order valence-corrected chi connectivity index (χ3v) is 5.29. The molecule has 0 amide bonds. The molecule has 0 radical (unpaired) electrons. The lowest BCUT2D eigenvalue weighted by Crippen LogP contribution is -2.51. The van der Waals surface area contributed by atoms with Gasteiger partial charge in [0.05, 0.1) is 6.10 Å². The molecule has 3 heterocycles. The zero-order valence-corrected chi connectivity index (χ0v) is 13.4. The zero-order chi connectivity index (χ0) is 15.6. The number of hydrogen-bond acceptors (Lipinski definition) is 3. The molecule has 3 saturated heterocycles. The van der Waals surface area contributed by atoms with Crippen LogP contribution in [0.4, 0.5) is 5.69 Å². The second-order valence-electron chi connectivity index (χ2n) is 6.73. The fourth-order valence-corrected chi connectivity index (χ4v) is 3.95. The van der Waals surface area contributed by atoms with Gasteiger partial charge in [-0.15, -0.1) is 0 Å². The van der Waals surface area contributed by atoms with Crippen molar-refractivity contribution < 1.29 is 4.74 Å². The highest BCUT2D eigenvalue weighted by molar-refractivity contribution is 5.50. The molecule has 23 heavy (non-hydrogen) atoms. The molecule has 5 rings (SSSR count). The molecular formula is C20H24N2O. The van der Waals surface area contributed by atoms with Crippen molar-refractivity contribution in [3.05, 3.63) is 65.7 Å². The molecule has 0 aromatic heterocycles. The standard InChI is InChI=1S/C20H24N2O/c21-18-9-5-4-8-17(18)20(16-6-2-1-3-7-16)23-19-14-22-12-10-15(19)11-13-22/h1-9,15,19-20H,10-14,21H2. The van der Waals surface area contributed by atoms with Crippen LogP contribution in [0.25, 0.3) is 0 Å². The highest BCUT2D eigenvalue weighted by atomic mass is 16.5. The topological polar surface area (TPSA) is 38.5 Å². The highest BCUT2D eigenvalue weighted by Crippen LogP contribution is 2.37. The van der Waals surface area contributed by atoms with Gasteiger partial charge in [0.15, 0.2) is 0 Å². The Labute approximate surface area is 138 Å². The first kappa shape index (κ1) is 14.7. The van der Waals surface area contributed by atoms with E-state index in [9.17, 15) is 0 Å². The summed E-state index contributed by atoms with van der Waals surface area (Å²) >= 11 is 0. The summed E-state index contributed by atoms with van der Waals surface area (Å²) in [7, 11) is 0. The molecule has 2 aromatic rings. The van der Waals surface area contributed by atoms with Crippen LogP contribution in [-0.2, 0) is 4.74 Å². The monoisotopic (exact) mass is 308 g/mol. The summed E-state index contributed by atoms with van der Waals surface area (Å²) in [6.45, 7) is 3.52. The molecule has 3 fully saturated rings. The lowest BCUT2D eigenvalue weighted by molar-refractivity contribution is -0.0925. The average Bonchev–Trinajstić information content (AvgIpc) is 2.62. The maximum atomic E-state index is 6.66. The fourth-order valence-electron chi connectivity index (χ4n) is 3.95. The van der Waals surface area contributed by atoms with Gasteiger partial charge in [-0.05, 0) is 43.5 Å². The van der Waals surface area contributed by atoms with Crippen LogP contribution in [0.3, 0.4) is 0 Å². The van der Waals surface area contributed by atoms with E-state index in [1.807, 2.05) is 24.3 Å². The van der Waals surface area contributed by atoms with E-state index in [4.69, 9.17) is 10.5 Å². The molecule has 2 N–H and O–H groups in total. The van der Waals surface area contributed by atoms with E-state index in [0.29, 0.717) is 12.0 Å². The largest absolute Gasteiger partial charge is 0.398 e. The smallest absolute Gasteiger partial charge is 0.110 e. The van der Waals surface area contributed by atoms with Crippen molar-refractivity contribution in [1.82, 2.24) is 4.90 Å². The number of anilines is 1. The van der Waals surface area contributed by atoms with Gasteiger partial charge in [-0.2, -0.15) is 0 Å². The molecule has 2 atom stereocenters. The third-order valence-electron chi connectivity index (χ3n) is 5.29. The van der Waals surface area contributed by atoms with Crippen molar-refractivity contribution in [1.29, 1.82) is 0 Å². The summed E-state index contributed by atoms with van der Waals surface area (Å²) in [5.41, 5.74) is 9.32. The predicted molar refractivity (Wildman–Crippen MR) is 93.2 cm³/mol. The summed E-state index contributed by atoms with van der Waals surface area (Å²) in [6, 6.07) is 18.5. The van der Waals surface area contributed by atoms with Gasteiger partial charge in [0.1, 0.15) is 6.10 Å². The van der Waals surface area contributed by atoms with Crippen molar-refractivity contribution in [3.63, 3.8) is 0 Å². The van der Waals surface area contributed by atoms with E-state index in [1.54, 1.807) is 0 Å². The maximum Gasteiger partial charge on any atom is 0.110 e. The van der Waals surface area contributed by atoms with E-state index in [1.165, 1.54) is 31.5 Å². The number of fused-ring (bicyclic) bond motifs is 3. The first-order chi connectivity index (χ1) is 11.3. The van der Waals surface area contributed by atoms with E-state index in [0.717, 1.165) is 17.8 Å². The predicted octanol–water partition coefficient (Wildman–Crippen LogP) is 3.47. The molecule has 2 aromatic carbocycles. The Kier molecular flexibility index (Phi) is 4.06. The van der Waals surface area contributed by atoms with Gasteiger partial charge in [0.25, 0.3) is 0 Å². The molecular weight excluding hydrogens is 284 g/mol. The Morgan fingerprint density at radius 2 is 1.65 bits per heavy atom. The normalized spacial score (nSPS) is 27.7. The molecule has 3 aliphatic rings. The SMILES string of the molecule is Nc1ccccc1C(OC1CN2CCC1CC2)c1ccccc1. The summed E-state index contributed by atoms with van der Waals surface area (Å²) in [6.07, 6.45) is 2.75. The van der Waals surface area contributed by atoms with Gasteiger partial charge in [-0.25, -0.2) is 0 Å². The van der Waals surface area contributed by atoms with Crippen LogP contribution in [0.1, 0.15) is 30.1 Å². The van der Waals surface area contributed by atoms with Crippen molar-refractivity contribution >= 4 is 5.69 Å². The Morgan fingerprint density at radius 1 is 0.957 bits per heavy atom. The molecule has 3 aliphatic heterocycles. The Balaban J connectivity index is 1.65. The minimum atomic E-state index is -0.0806. The average molecular weight is 308 g/mol. The number of benzene rings is 2. The van der Waals surface area contributed by atoms with Gasteiger partial charge in [0.2, 0.25) is 0 Å². The minimum Gasteiger partial charge on any atom is -0.398 e. The first-order valence-electron chi connectivity index (χ1n) is 8.58. The minimum absolute atomic E-state index is 0.0806. The second kappa shape index (κ2) is 6.34. The van der Waals surface area contributed by atoms with Gasteiger partial charge in [0, 0.05) is 17.8 Å². The lowest BCUT2D eigenvalue weighted by Gasteiger charge is -2.45. The van der Waals surface area contributed by atoms with E-state index in [2.05, 4.69) is 35.2 Å². The maximum absolute atomic E-state index is 6.66. The number of nitrogens with two attached hydrogens (primary N) is 1. The van der Waals surface area contributed by atoms with Crippen LogP contribution in [0.2, 0.25) is 0 Å². The molecule has 120 valence electrons. The van der Waals surface area contributed by atoms with E-state index >= 15 is 0 Å². The van der Waals surface area contributed by atoms with E-state index in [-0.39, 0.29) is 6.10 Å². The molecule has 0 spiro atoms. The molecule has 2 unspecified atom stereocenters. The highest BCUT2D eigenvalue weighted by Gasteiger charge is 2.36. The molecule has 3 nitrogen and oxygen atoms in total. The van der Waals surface area contributed by atoms with Gasteiger partial charge >= 0.3 is 0 Å². The summed E-state index contributed by atoms with van der Waals surface area (Å²) in [4.78, 5) is 2.53. The summed E-state index contributed by atoms with van der Waals surface area (Å²) in [5.74, 6) is 0.691. The van der Waals surface area contributed by atoms with E-state index < -0.39 is 0 Å². The van der Waals surface area contributed by atoms with Crippen molar-refractivity contribution in [3.8, 4) is 0 Å². The molecule has 2 bridgehead atoms.